The first-order valence-corrected chi connectivity index (χ1v) is 10.1. The Bertz CT molecular complexity index is 1010. The van der Waals surface area contributed by atoms with Gasteiger partial charge in [-0.1, -0.05) is 24.1 Å². The molecule has 0 bridgehead atoms. The van der Waals surface area contributed by atoms with E-state index in [9.17, 15) is 22.8 Å². The van der Waals surface area contributed by atoms with Crippen molar-refractivity contribution in [3.63, 3.8) is 0 Å². The van der Waals surface area contributed by atoms with Crippen molar-refractivity contribution < 1.29 is 27.6 Å². The largest absolute Gasteiger partial charge is 0.363 e. The van der Waals surface area contributed by atoms with Gasteiger partial charge < -0.3 is 4.84 Å². The van der Waals surface area contributed by atoms with E-state index in [1.54, 1.807) is 19.1 Å². The number of hydrogen-bond acceptors (Lipinski definition) is 6. The fourth-order valence-electron chi connectivity index (χ4n) is 2.57. The lowest BCUT2D eigenvalue weighted by Gasteiger charge is -2.14. The van der Waals surface area contributed by atoms with Crippen LogP contribution in [0.25, 0.3) is 0 Å². The van der Waals surface area contributed by atoms with E-state index in [4.69, 9.17) is 4.84 Å². The maximum atomic E-state index is 12.3. The number of hydroxylamine groups is 2. The van der Waals surface area contributed by atoms with Crippen molar-refractivity contribution in [3.05, 3.63) is 65.2 Å². The average molecular weight is 402 g/mol. The van der Waals surface area contributed by atoms with Crippen LogP contribution in [0.5, 0.6) is 0 Å². The number of imide groups is 1. The minimum atomic E-state index is -3.71. The van der Waals surface area contributed by atoms with Crippen LogP contribution >= 0.6 is 0 Å². The molecule has 0 saturated carbocycles. The normalized spacial score (nSPS) is 14.7. The summed E-state index contributed by atoms with van der Waals surface area (Å²) in [6, 6.07) is 10.9. The number of benzene rings is 2. The Morgan fingerprint density at radius 2 is 1.57 bits per heavy atom. The maximum Gasteiger partial charge on any atom is 0.363 e. The van der Waals surface area contributed by atoms with Crippen LogP contribution in [0.4, 0.5) is 0 Å². The van der Waals surface area contributed by atoms with Crippen molar-refractivity contribution in [2.75, 3.05) is 0 Å². The lowest BCUT2D eigenvalue weighted by atomic mass is 10.1. The molecule has 0 radical (unpaired) electrons. The number of rotatable bonds is 6. The Labute approximate surface area is 162 Å². The van der Waals surface area contributed by atoms with Gasteiger partial charge in [-0.2, -0.15) is 0 Å². The van der Waals surface area contributed by atoms with E-state index in [1.165, 1.54) is 36.4 Å². The van der Waals surface area contributed by atoms with E-state index >= 15 is 0 Å². The van der Waals surface area contributed by atoms with Gasteiger partial charge in [0.25, 0.3) is 11.8 Å². The molecule has 28 heavy (non-hydrogen) atoms. The predicted octanol–water partition coefficient (Wildman–Crippen LogP) is 2.13. The summed E-state index contributed by atoms with van der Waals surface area (Å²) in [4.78, 5) is 41.7. The molecule has 2 aromatic rings. The van der Waals surface area contributed by atoms with Crippen molar-refractivity contribution in [2.45, 2.75) is 31.2 Å². The molecule has 1 N–H and O–H groups in total. The summed E-state index contributed by atoms with van der Waals surface area (Å²) in [5.74, 6) is -2.41. The topological polar surface area (TPSA) is 110 Å². The summed E-state index contributed by atoms with van der Waals surface area (Å²) >= 11 is 0. The molecule has 0 saturated heterocycles. The second kappa shape index (κ2) is 7.53. The van der Waals surface area contributed by atoms with Gasteiger partial charge in [-0.05, 0) is 49.7 Å². The highest BCUT2D eigenvalue weighted by atomic mass is 32.2. The fraction of sp³-hybridized carbons (Fsp3) is 0.211. The van der Waals surface area contributed by atoms with Crippen LogP contribution in [0.2, 0.25) is 0 Å². The van der Waals surface area contributed by atoms with Gasteiger partial charge in [0.05, 0.1) is 21.6 Å². The predicted molar refractivity (Wildman–Crippen MR) is 98.9 cm³/mol. The zero-order chi connectivity index (χ0) is 20.5. The van der Waals surface area contributed by atoms with Crippen molar-refractivity contribution in [3.8, 4) is 0 Å². The number of amides is 2. The molecule has 1 unspecified atom stereocenters. The Kier molecular flexibility index (Phi) is 5.30. The minimum absolute atomic E-state index is 0.000883. The van der Waals surface area contributed by atoms with Crippen LogP contribution in [0.3, 0.4) is 0 Å². The van der Waals surface area contributed by atoms with Gasteiger partial charge in [0.2, 0.25) is 10.0 Å². The fourth-order valence-corrected chi connectivity index (χ4v) is 3.90. The number of carbonyl (C=O) groups is 3. The van der Waals surface area contributed by atoms with Gasteiger partial charge in [0.15, 0.2) is 0 Å². The highest BCUT2D eigenvalue weighted by Crippen LogP contribution is 2.23. The molecule has 146 valence electrons. The van der Waals surface area contributed by atoms with Crippen molar-refractivity contribution >= 4 is 27.8 Å². The summed E-state index contributed by atoms with van der Waals surface area (Å²) in [5, 5.41) is 0.405. The highest BCUT2D eigenvalue weighted by molar-refractivity contribution is 7.89. The van der Waals surface area contributed by atoms with Crippen LogP contribution in [0.15, 0.2) is 53.4 Å². The number of nitrogens with zero attached hydrogens (tertiary/aromatic N) is 1. The third-order valence-corrected chi connectivity index (χ3v) is 5.91. The van der Waals surface area contributed by atoms with Gasteiger partial charge in [-0.15, -0.1) is 0 Å². The zero-order valence-corrected chi connectivity index (χ0v) is 16.0. The third-order valence-electron chi connectivity index (χ3n) is 4.30. The van der Waals surface area contributed by atoms with Crippen molar-refractivity contribution in [2.24, 2.45) is 0 Å². The molecule has 0 aliphatic carbocycles. The molecule has 3 rings (SSSR count). The van der Waals surface area contributed by atoms with Crippen molar-refractivity contribution in [1.82, 2.24) is 9.79 Å². The SMILES string of the molecule is CCC(C)NS(=O)(=O)c1ccc(C(=O)ON2C(=O)c3ccccc3C2=O)cc1. The molecule has 8 nitrogen and oxygen atoms in total. The number of nitrogens with one attached hydrogen (secondary N) is 1. The summed E-state index contributed by atoms with van der Waals surface area (Å²) in [6.07, 6.45) is 0.629. The van der Waals surface area contributed by atoms with Gasteiger partial charge in [-0.3, -0.25) is 9.59 Å². The monoisotopic (exact) mass is 402 g/mol. The molecular formula is C19H18N2O6S. The number of fused-ring (bicyclic) bond motifs is 1. The smallest absolute Gasteiger partial charge is 0.324 e. The van der Waals surface area contributed by atoms with E-state index < -0.39 is 27.8 Å². The number of sulfonamides is 1. The van der Waals surface area contributed by atoms with Gasteiger partial charge in [0.1, 0.15) is 0 Å². The second-order valence-corrected chi connectivity index (χ2v) is 8.00. The molecule has 1 heterocycles. The standard InChI is InChI=1S/C19H18N2O6S/c1-3-12(2)20-28(25,26)14-10-8-13(9-11-14)19(24)27-21-17(22)15-6-4-5-7-16(15)18(21)23/h4-12,20H,3H2,1-2H3. The van der Waals surface area contributed by atoms with E-state index in [0.29, 0.717) is 11.5 Å². The Hall–Kier alpha value is -3.04. The van der Waals surface area contributed by atoms with E-state index in [-0.39, 0.29) is 27.6 Å². The number of hydrogen-bond donors (Lipinski definition) is 1. The van der Waals surface area contributed by atoms with Crippen LogP contribution in [0.1, 0.15) is 51.3 Å². The molecule has 1 aliphatic heterocycles. The Balaban J connectivity index is 1.74. The maximum absolute atomic E-state index is 12.3. The van der Waals surface area contributed by atoms with E-state index in [0.717, 1.165) is 0 Å². The third kappa shape index (κ3) is 3.67. The molecule has 2 aromatic carbocycles. The second-order valence-electron chi connectivity index (χ2n) is 6.28. The molecule has 9 heteroatoms. The summed E-state index contributed by atoms with van der Waals surface area (Å²) < 4.78 is 27.0. The quantitative estimate of drug-likeness (QED) is 0.741. The van der Waals surface area contributed by atoms with Gasteiger partial charge in [0, 0.05) is 6.04 Å². The lowest BCUT2D eigenvalue weighted by molar-refractivity contribution is -0.0584. The first-order chi connectivity index (χ1) is 13.2. The van der Waals surface area contributed by atoms with Crippen LogP contribution in [-0.4, -0.2) is 37.3 Å². The molecule has 0 spiro atoms. The molecule has 0 fully saturated rings. The molecule has 2 amide bonds. The highest BCUT2D eigenvalue weighted by Gasteiger charge is 2.38. The average Bonchev–Trinajstić information content (AvgIpc) is 2.93. The minimum Gasteiger partial charge on any atom is -0.324 e. The lowest BCUT2D eigenvalue weighted by Crippen LogP contribution is -2.33. The summed E-state index contributed by atoms with van der Waals surface area (Å²) in [5.41, 5.74) is 0.301. The molecule has 1 atom stereocenters. The van der Waals surface area contributed by atoms with Crippen LogP contribution < -0.4 is 4.72 Å². The zero-order valence-electron chi connectivity index (χ0n) is 15.2. The molecule has 0 aromatic heterocycles. The van der Waals surface area contributed by atoms with Gasteiger partial charge >= 0.3 is 5.97 Å². The first kappa shape index (κ1) is 19.7. The van der Waals surface area contributed by atoms with Crippen LogP contribution in [0, 0.1) is 0 Å². The molecule has 1 aliphatic rings. The number of carbonyl (C=O) groups excluding carboxylic acids is 3. The van der Waals surface area contributed by atoms with E-state index in [2.05, 4.69) is 4.72 Å². The van der Waals surface area contributed by atoms with E-state index in [1.807, 2.05) is 6.92 Å². The van der Waals surface area contributed by atoms with Crippen molar-refractivity contribution in [1.29, 1.82) is 0 Å². The Morgan fingerprint density at radius 1 is 1.04 bits per heavy atom. The summed E-state index contributed by atoms with van der Waals surface area (Å²) in [7, 11) is -3.71. The Morgan fingerprint density at radius 3 is 2.07 bits per heavy atom. The summed E-state index contributed by atoms with van der Waals surface area (Å²) in [6.45, 7) is 3.59. The molecular weight excluding hydrogens is 384 g/mol. The van der Waals surface area contributed by atoms with Gasteiger partial charge in [-0.25, -0.2) is 17.9 Å². The first-order valence-electron chi connectivity index (χ1n) is 8.57. The van der Waals surface area contributed by atoms with Crippen LogP contribution in [-0.2, 0) is 14.9 Å².